The highest BCUT2D eigenvalue weighted by Crippen LogP contribution is 2.01. The summed E-state index contributed by atoms with van der Waals surface area (Å²) in [6.07, 6.45) is 1.59. The van der Waals surface area contributed by atoms with E-state index in [4.69, 9.17) is 0 Å². The Morgan fingerprint density at radius 1 is 1.20 bits per heavy atom. The quantitative estimate of drug-likeness (QED) is 0.615. The summed E-state index contributed by atoms with van der Waals surface area (Å²) in [7, 11) is 0. The van der Waals surface area contributed by atoms with Crippen LogP contribution in [0.5, 0.6) is 0 Å². The van der Waals surface area contributed by atoms with Gasteiger partial charge in [-0.15, -0.1) is 0 Å². The second-order valence-electron chi connectivity index (χ2n) is 1.84. The van der Waals surface area contributed by atoms with E-state index in [0.717, 1.165) is 5.69 Å². The van der Waals surface area contributed by atoms with Crippen LogP contribution in [0.1, 0.15) is 0 Å². The van der Waals surface area contributed by atoms with Crippen molar-refractivity contribution < 1.29 is 0 Å². The topological polar surface area (TPSA) is 24.1 Å². The van der Waals surface area contributed by atoms with Gasteiger partial charge in [0.05, 0.1) is 5.69 Å². The predicted molar refractivity (Wildman–Crippen MR) is 43.4 cm³/mol. The Labute approximate surface area is 60.5 Å². The first-order valence-corrected chi connectivity index (χ1v) is 3.11. The molecule has 0 atom stereocenters. The van der Waals surface area contributed by atoms with Crippen molar-refractivity contribution in [3.05, 3.63) is 43.1 Å². The molecule has 0 spiro atoms. The first-order valence-electron chi connectivity index (χ1n) is 3.11. The third-order valence-corrected chi connectivity index (χ3v) is 1.09. The van der Waals surface area contributed by atoms with Gasteiger partial charge in [0.2, 0.25) is 0 Å². The van der Waals surface area contributed by atoms with Crippen molar-refractivity contribution in [2.75, 3.05) is 5.43 Å². The molecule has 0 aliphatic rings. The molecule has 0 heterocycles. The van der Waals surface area contributed by atoms with Gasteiger partial charge in [0.1, 0.15) is 0 Å². The Bertz CT molecular complexity index is 194. The molecule has 2 nitrogen and oxygen atoms in total. The third-order valence-electron chi connectivity index (χ3n) is 1.09. The zero-order valence-electron chi connectivity index (χ0n) is 5.67. The van der Waals surface area contributed by atoms with Gasteiger partial charge in [-0.1, -0.05) is 24.8 Å². The molecule has 0 aromatic heterocycles. The van der Waals surface area contributed by atoms with Gasteiger partial charge in [-0.05, 0) is 12.1 Å². The summed E-state index contributed by atoms with van der Waals surface area (Å²) in [5.74, 6) is 0. The number of nitrogens with one attached hydrogen (secondary N) is 2. The van der Waals surface area contributed by atoms with E-state index in [1.807, 2.05) is 30.3 Å². The minimum absolute atomic E-state index is 1.03. The predicted octanol–water partition coefficient (Wildman–Crippen LogP) is 1.75. The van der Waals surface area contributed by atoms with E-state index in [1.54, 1.807) is 6.20 Å². The second kappa shape index (κ2) is 3.56. The lowest BCUT2D eigenvalue weighted by Crippen LogP contribution is -2.12. The molecule has 0 radical (unpaired) electrons. The zero-order chi connectivity index (χ0) is 7.23. The van der Waals surface area contributed by atoms with E-state index in [2.05, 4.69) is 17.4 Å². The molecule has 0 fully saturated rings. The number of para-hydroxylation sites is 1. The van der Waals surface area contributed by atoms with Crippen LogP contribution in [0.25, 0.3) is 0 Å². The summed E-state index contributed by atoms with van der Waals surface area (Å²) in [6, 6.07) is 9.84. The third kappa shape index (κ3) is 1.82. The monoisotopic (exact) mass is 134 g/mol. The van der Waals surface area contributed by atoms with Gasteiger partial charge in [0.25, 0.3) is 0 Å². The van der Waals surface area contributed by atoms with Crippen molar-refractivity contribution in [2.45, 2.75) is 0 Å². The van der Waals surface area contributed by atoms with Crippen LogP contribution in [0.3, 0.4) is 0 Å². The smallest absolute Gasteiger partial charge is 0.0539 e. The number of hydrogen-bond acceptors (Lipinski definition) is 2. The van der Waals surface area contributed by atoms with E-state index >= 15 is 0 Å². The summed E-state index contributed by atoms with van der Waals surface area (Å²) in [6.45, 7) is 3.50. The lowest BCUT2D eigenvalue weighted by molar-refractivity contribution is 1.06. The normalized spacial score (nSPS) is 8.40. The van der Waals surface area contributed by atoms with Crippen LogP contribution in [-0.4, -0.2) is 0 Å². The van der Waals surface area contributed by atoms with Gasteiger partial charge in [0, 0.05) is 6.20 Å². The molecule has 0 aliphatic heterocycles. The lowest BCUT2D eigenvalue weighted by atomic mass is 10.3. The van der Waals surface area contributed by atoms with Crippen molar-refractivity contribution in [3.8, 4) is 0 Å². The second-order valence-corrected chi connectivity index (χ2v) is 1.84. The van der Waals surface area contributed by atoms with E-state index in [9.17, 15) is 0 Å². The lowest BCUT2D eigenvalue weighted by Gasteiger charge is -2.02. The summed E-state index contributed by atoms with van der Waals surface area (Å²) in [5.41, 5.74) is 6.73. The summed E-state index contributed by atoms with van der Waals surface area (Å²) in [4.78, 5) is 0. The van der Waals surface area contributed by atoms with E-state index in [1.165, 1.54) is 0 Å². The first kappa shape index (κ1) is 6.68. The van der Waals surface area contributed by atoms with Crippen molar-refractivity contribution >= 4 is 5.69 Å². The van der Waals surface area contributed by atoms with Crippen LogP contribution >= 0.6 is 0 Å². The standard InChI is InChI=1S/C8H10N2/c1-2-9-10-8-6-4-3-5-7-8/h2-7,9-10H,1H2. The molecule has 1 aromatic rings. The van der Waals surface area contributed by atoms with Crippen LogP contribution in [0.15, 0.2) is 43.1 Å². The molecule has 0 aliphatic carbocycles. The zero-order valence-corrected chi connectivity index (χ0v) is 5.67. The number of benzene rings is 1. The highest BCUT2D eigenvalue weighted by Gasteiger charge is 1.81. The van der Waals surface area contributed by atoms with Gasteiger partial charge in [0.15, 0.2) is 0 Å². The van der Waals surface area contributed by atoms with Crippen LogP contribution < -0.4 is 10.9 Å². The molecular formula is C8H10N2. The maximum absolute atomic E-state index is 3.50. The van der Waals surface area contributed by atoms with Crippen molar-refractivity contribution in [1.29, 1.82) is 0 Å². The number of hydrazine groups is 1. The molecule has 52 valence electrons. The summed E-state index contributed by atoms with van der Waals surface area (Å²) in [5, 5.41) is 0. The Morgan fingerprint density at radius 2 is 1.90 bits per heavy atom. The maximum atomic E-state index is 3.50. The fourth-order valence-electron chi connectivity index (χ4n) is 0.656. The minimum Gasteiger partial charge on any atom is -0.309 e. The average Bonchev–Trinajstić information content (AvgIpc) is 2.03. The highest BCUT2D eigenvalue weighted by atomic mass is 15.3. The van der Waals surface area contributed by atoms with Crippen LogP contribution in [-0.2, 0) is 0 Å². The van der Waals surface area contributed by atoms with Crippen molar-refractivity contribution in [2.24, 2.45) is 0 Å². The molecule has 0 amide bonds. The molecule has 2 heteroatoms. The number of rotatable bonds is 3. The summed E-state index contributed by atoms with van der Waals surface area (Å²) >= 11 is 0. The van der Waals surface area contributed by atoms with E-state index < -0.39 is 0 Å². The van der Waals surface area contributed by atoms with Crippen molar-refractivity contribution in [1.82, 2.24) is 5.43 Å². The Morgan fingerprint density at radius 3 is 2.50 bits per heavy atom. The van der Waals surface area contributed by atoms with Gasteiger partial charge >= 0.3 is 0 Å². The maximum Gasteiger partial charge on any atom is 0.0539 e. The molecule has 0 saturated heterocycles. The molecule has 10 heavy (non-hydrogen) atoms. The number of hydrogen-bond donors (Lipinski definition) is 2. The fourth-order valence-corrected chi connectivity index (χ4v) is 0.656. The van der Waals surface area contributed by atoms with E-state index in [0.29, 0.717) is 0 Å². The van der Waals surface area contributed by atoms with Gasteiger partial charge < -0.3 is 10.9 Å². The Kier molecular flexibility index (Phi) is 2.38. The molecule has 0 unspecified atom stereocenters. The number of anilines is 1. The van der Waals surface area contributed by atoms with E-state index in [-0.39, 0.29) is 0 Å². The molecule has 1 rings (SSSR count). The van der Waals surface area contributed by atoms with Crippen LogP contribution in [0.2, 0.25) is 0 Å². The molecule has 0 saturated carbocycles. The fraction of sp³-hybridized carbons (Fsp3) is 0. The Hall–Kier alpha value is -1.44. The minimum atomic E-state index is 1.03. The van der Waals surface area contributed by atoms with Gasteiger partial charge in [-0.2, -0.15) is 0 Å². The molecule has 2 N–H and O–H groups in total. The van der Waals surface area contributed by atoms with Gasteiger partial charge in [-0.25, -0.2) is 0 Å². The summed E-state index contributed by atoms with van der Waals surface area (Å²) < 4.78 is 0. The van der Waals surface area contributed by atoms with Crippen molar-refractivity contribution in [3.63, 3.8) is 0 Å². The SMILES string of the molecule is C=CNNc1ccccc1. The van der Waals surface area contributed by atoms with Crippen LogP contribution in [0.4, 0.5) is 5.69 Å². The first-order chi connectivity index (χ1) is 4.93. The average molecular weight is 134 g/mol. The molecular weight excluding hydrogens is 124 g/mol. The van der Waals surface area contributed by atoms with Crippen LogP contribution in [0, 0.1) is 0 Å². The molecule has 0 bridgehead atoms. The highest BCUT2D eigenvalue weighted by molar-refractivity contribution is 5.41. The Balaban J connectivity index is 2.50. The molecule has 1 aromatic carbocycles. The van der Waals surface area contributed by atoms with Gasteiger partial charge in [-0.3, -0.25) is 0 Å². The largest absolute Gasteiger partial charge is 0.309 e.